The predicted molar refractivity (Wildman–Crippen MR) is 120 cm³/mol. The van der Waals surface area contributed by atoms with Gasteiger partial charge in [-0.15, -0.1) is 0 Å². The maximum absolute atomic E-state index is 12.0. The molecule has 2 aromatic rings. The van der Waals surface area contributed by atoms with Gasteiger partial charge in [-0.05, 0) is 49.2 Å². The third kappa shape index (κ3) is 9.42. The minimum absolute atomic E-state index is 0.0224. The summed E-state index contributed by atoms with van der Waals surface area (Å²) in [6.45, 7) is 2.01. The lowest BCUT2D eigenvalue weighted by Gasteiger charge is -2.08. The molecule has 8 heteroatoms. The fourth-order valence-corrected chi connectivity index (χ4v) is 2.64. The zero-order valence-corrected chi connectivity index (χ0v) is 18.1. The number of unbranched alkanes of at least 4 members (excludes halogenated alkanes) is 1. The molecule has 0 bridgehead atoms. The first-order valence-corrected chi connectivity index (χ1v) is 10.6. The Kier molecular flexibility index (Phi) is 10.4. The van der Waals surface area contributed by atoms with Gasteiger partial charge >= 0.3 is 11.9 Å². The van der Waals surface area contributed by atoms with E-state index in [1.807, 2.05) is 13.0 Å². The zero-order chi connectivity index (χ0) is 23.2. The highest BCUT2D eigenvalue weighted by atomic mass is 16.5. The topological polar surface area (TPSA) is 111 Å². The van der Waals surface area contributed by atoms with Crippen LogP contribution in [0.25, 0.3) is 0 Å². The molecule has 2 amide bonds. The summed E-state index contributed by atoms with van der Waals surface area (Å²) in [5, 5.41) is 5.32. The van der Waals surface area contributed by atoms with Gasteiger partial charge in [0.25, 0.3) is 5.91 Å². The molecule has 0 saturated heterocycles. The van der Waals surface area contributed by atoms with Crippen LogP contribution in [0.15, 0.2) is 54.6 Å². The van der Waals surface area contributed by atoms with Gasteiger partial charge in [0, 0.05) is 24.2 Å². The molecule has 2 rings (SSSR count). The standard InChI is InChI=1S/C24H28N2O6/c1-2-3-16-31-24(30)18-12-14-20(15-13-18)25-21(27)10-7-11-23(29)32-17-22(28)26-19-8-5-4-6-9-19/h4-6,8-9,12-15H,2-3,7,10-11,16-17H2,1H3,(H,25,27)(H,26,28). The summed E-state index contributed by atoms with van der Waals surface area (Å²) in [6.07, 6.45) is 2.18. The Balaban J connectivity index is 1.62. The smallest absolute Gasteiger partial charge is 0.338 e. The van der Waals surface area contributed by atoms with E-state index in [4.69, 9.17) is 9.47 Å². The number of para-hydroxylation sites is 1. The summed E-state index contributed by atoms with van der Waals surface area (Å²) in [6, 6.07) is 15.3. The predicted octanol–water partition coefficient (Wildman–Crippen LogP) is 3.93. The van der Waals surface area contributed by atoms with E-state index in [1.54, 1.807) is 48.5 Å². The maximum atomic E-state index is 12.0. The summed E-state index contributed by atoms with van der Waals surface area (Å²) in [5.41, 5.74) is 1.57. The molecule has 0 aliphatic heterocycles. The van der Waals surface area contributed by atoms with Crippen molar-refractivity contribution in [1.82, 2.24) is 0 Å². The van der Waals surface area contributed by atoms with Crippen LogP contribution in [0.2, 0.25) is 0 Å². The van der Waals surface area contributed by atoms with Crippen LogP contribution in [0.1, 0.15) is 49.4 Å². The Hall–Kier alpha value is -3.68. The average molecular weight is 440 g/mol. The molecule has 170 valence electrons. The van der Waals surface area contributed by atoms with E-state index in [0.717, 1.165) is 12.8 Å². The first-order valence-electron chi connectivity index (χ1n) is 10.6. The van der Waals surface area contributed by atoms with Gasteiger partial charge in [-0.2, -0.15) is 0 Å². The summed E-state index contributed by atoms with van der Waals surface area (Å²) in [4.78, 5) is 47.4. The molecule has 2 N–H and O–H groups in total. The maximum Gasteiger partial charge on any atom is 0.338 e. The van der Waals surface area contributed by atoms with Gasteiger partial charge in [0.15, 0.2) is 6.61 Å². The quantitative estimate of drug-likeness (QED) is 0.382. The molecule has 0 fully saturated rings. The number of hydrogen-bond donors (Lipinski definition) is 2. The van der Waals surface area contributed by atoms with Crippen LogP contribution in [-0.4, -0.2) is 37.0 Å². The van der Waals surface area contributed by atoms with E-state index < -0.39 is 17.8 Å². The Morgan fingerprint density at radius 2 is 1.41 bits per heavy atom. The lowest BCUT2D eigenvalue weighted by molar-refractivity contribution is -0.147. The molecule has 8 nitrogen and oxygen atoms in total. The number of nitrogens with one attached hydrogen (secondary N) is 2. The van der Waals surface area contributed by atoms with E-state index in [-0.39, 0.29) is 31.8 Å². The van der Waals surface area contributed by atoms with Crippen LogP contribution < -0.4 is 10.6 Å². The average Bonchev–Trinajstić information content (AvgIpc) is 2.79. The molecule has 0 aliphatic carbocycles. The minimum atomic E-state index is -0.549. The number of amides is 2. The summed E-state index contributed by atoms with van der Waals surface area (Å²) in [7, 11) is 0. The van der Waals surface area contributed by atoms with Gasteiger partial charge in [-0.25, -0.2) is 4.79 Å². The van der Waals surface area contributed by atoms with E-state index in [1.165, 1.54) is 0 Å². The molecule has 32 heavy (non-hydrogen) atoms. The second-order valence-electron chi connectivity index (χ2n) is 7.04. The molecule has 0 aromatic heterocycles. The Labute approximate surface area is 187 Å². The van der Waals surface area contributed by atoms with Crippen molar-refractivity contribution in [2.45, 2.75) is 39.0 Å². The normalized spacial score (nSPS) is 10.2. The highest BCUT2D eigenvalue weighted by molar-refractivity contribution is 5.94. The van der Waals surface area contributed by atoms with Crippen LogP contribution in [0, 0.1) is 0 Å². The molecule has 0 atom stereocenters. The summed E-state index contributed by atoms with van der Waals surface area (Å²) in [5.74, 6) is -1.64. The zero-order valence-electron chi connectivity index (χ0n) is 18.1. The van der Waals surface area contributed by atoms with Gasteiger partial charge < -0.3 is 20.1 Å². The first-order chi connectivity index (χ1) is 15.5. The van der Waals surface area contributed by atoms with Crippen molar-refractivity contribution in [1.29, 1.82) is 0 Å². The molecule has 0 unspecified atom stereocenters. The van der Waals surface area contributed by atoms with Crippen molar-refractivity contribution in [2.75, 3.05) is 23.8 Å². The van der Waals surface area contributed by atoms with Crippen molar-refractivity contribution in [2.24, 2.45) is 0 Å². The van der Waals surface area contributed by atoms with E-state index >= 15 is 0 Å². The first kappa shape index (κ1) is 24.6. The summed E-state index contributed by atoms with van der Waals surface area (Å²) >= 11 is 0. The third-order valence-electron chi connectivity index (χ3n) is 4.34. The van der Waals surface area contributed by atoms with Crippen LogP contribution in [0.3, 0.4) is 0 Å². The number of hydrogen-bond acceptors (Lipinski definition) is 6. The van der Waals surface area contributed by atoms with E-state index in [0.29, 0.717) is 23.5 Å². The second-order valence-corrected chi connectivity index (χ2v) is 7.04. The molecular weight excluding hydrogens is 412 g/mol. The van der Waals surface area contributed by atoms with Gasteiger partial charge in [0.05, 0.1) is 12.2 Å². The van der Waals surface area contributed by atoms with Crippen molar-refractivity contribution in [3.05, 3.63) is 60.2 Å². The van der Waals surface area contributed by atoms with Gasteiger partial charge in [-0.1, -0.05) is 31.5 Å². The second kappa shape index (κ2) is 13.6. The lowest BCUT2D eigenvalue weighted by Crippen LogP contribution is -2.21. The number of carbonyl (C=O) groups is 4. The SMILES string of the molecule is CCCCOC(=O)c1ccc(NC(=O)CCCC(=O)OCC(=O)Nc2ccccc2)cc1. The van der Waals surface area contributed by atoms with Crippen molar-refractivity contribution < 1.29 is 28.7 Å². The highest BCUT2D eigenvalue weighted by Crippen LogP contribution is 2.12. The number of carbonyl (C=O) groups excluding carboxylic acids is 4. The Morgan fingerprint density at radius 3 is 2.09 bits per heavy atom. The van der Waals surface area contributed by atoms with Crippen molar-refractivity contribution in [3.63, 3.8) is 0 Å². The highest BCUT2D eigenvalue weighted by Gasteiger charge is 2.11. The minimum Gasteiger partial charge on any atom is -0.462 e. The number of benzene rings is 2. The molecule has 0 radical (unpaired) electrons. The number of esters is 2. The number of rotatable bonds is 12. The Morgan fingerprint density at radius 1 is 0.750 bits per heavy atom. The van der Waals surface area contributed by atoms with Gasteiger partial charge in [0.1, 0.15) is 0 Å². The molecule has 0 heterocycles. The fourth-order valence-electron chi connectivity index (χ4n) is 2.64. The monoisotopic (exact) mass is 440 g/mol. The molecule has 0 aliphatic rings. The Bertz CT molecular complexity index is 896. The van der Waals surface area contributed by atoms with Gasteiger partial charge in [-0.3, -0.25) is 14.4 Å². The third-order valence-corrected chi connectivity index (χ3v) is 4.34. The van der Waals surface area contributed by atoms with Crippen LogP contribution >= 0.6 is 0 Å². The van der Waals surface area contributed by atoms with Gasteiger partial charge in [0.2, 0.25) is 5.91 Å². The van der Waals surface area contributed by atoms with Crippen LogP contribution in [-0.2, 0) is 23.9 Å². The number of anilines is 2. The van der Waals surface area contributed by atoms with E-state index in [9.17, 15) is 19.2 Å². The van der Waals surface area contributed by atoms with E-state index in [2.05, 4.69) is 10.6 Å². The lowest BCUT2D eigenvalue weighted by atomic mass is 10.2. The molecular formula is C24H28N2O6. The fraction of sp³-hybridized carbons (Fsp3) is 0.333. The van der Waals surface area contributed by atoms with Crippen LogP contribution in [0.5, 0.6) is 0 Å². The van der Waals surface area contributed by atoms with Crippen molar-refractivity contribution >= 4 is 35.1 Å². The van der Waals surface area contributed by atoms with Crippen molar-refractivity contribution in [3.8, 4) is 0 Å². The number of ether oxygens (including phenoxy) is 2. The molecule has 0 saturated carbocycles. The largest absolute Gasteiger partial charge is 0.462 e. The molecule has 2 aromatic carbocycles. The summed E-state index contributed by atoms with van der Waals surface area (Å²) < 4.78 is 10.1. The van der Waals surface area contributed by atoms with Crippen LogP contribution in [0.4, 0.5) is 11.4 Å². The molecule has 0 spiro atoms.